The number of benzene rings is 1. The minimum absolute atomic E-state index is 0.234. The number of hydrogen-bond acceptors (Lipinski definition) is 5. The third-order valence-corrected chi connectivity index (χ3v) is 6.48. The summed E-state index contributed by atoms with van der Waals surface area (Å²) in [6.45, 7) is 3.21. The van der Waals surface area contributed by atoms with E-state index in [2.05, 4.69) is 22.0 Å². The lowest BCUT2D eigenvalue weighted by atomic mass is 9.63. The van der Waals surface area contributed by atoms with Gasteiger partial charge >= 0.3 is 0 Å². The van der Waals surface area contributed by atoms with Crippen LogP contribution in [0.1, 0.15) is 36.0 Å². The van der Waals surface area contributed by atoms with E-state index in [9.17, 15) is 5.11 Å². The summed E-state index contributed by atoms with van der Waals surface area (Å²) < 4.78 is 10.9. The zero-order valence-electron chi connectivity index (χ0n) is 16.8. The van der Waals surface area contributed by atoms with Crippen LogP contribution in [0.5, 0.6) is 5.75 Å². The summed E-state index contributed by atoms with van der Waals surface area (Å²) in [4.78, 5) is 6.75. The number of piperidine rings is 1. The average Bonchev–Trinajstić information content (AvgIpc) is 2.70. The normalized spacial score (nSPS) is 27.5. The van der Waals surface area contributed by atoms with Gasteiger partial charge in [-0.2, -0.15) is 0 Å². The van der Waals surface area contributed by atoms with Gasteiger partial charge in [-0.25, -0.2) is 0 Å². The van der Waals surface area contributed by atoms with E-state index in [0.29, 0.717) is 6.61 Å². The standard InChI is InChI=1S/C23H30N2O3/c1-27-16-17-8-9-22(28-2)18(11-17)13-25-14-20-5-3-6-21(15-25)23(20,26)19-7-4-10-24-12-19/h4,7-12,20-21,26H,3,5-6,13-16H2,1-2H3. The second kappa shape index (κ2) is 8.19. The van der Waals surface area contributed by atoms with Crippen molar-refractivity contribution in [3.05, 3.63) is 59.4 Å². The van der Waals surface area contributed by atoms with E-state index in [1.165, 1.54) is 12.0 Å². The van der Waals surface area contributed by atoms with Crippen molar-refractivity contribution in [2.24, 2.45) is 11.8 Å². The summed E-state index contributed by atoms with van der Waals surface area (Å²) in [5.74, 6) is 1.38. The van der Waals surface area contributed by atoms with Crippen molar-refractivity contribution in [3.8, 4) is 5.75 Å². The van der Waals surface area contributed by atoms with Gasteiger partial charge < -0.3 is 14.6 Å². The number of nitrogens with zero attached hydrogens (tertiary/aromatic N) is 2. The molecular formula is C23H30N2O3. The first-order valence-corrected chi connectivity index (χ1v) is 10.1. The molecule has 5 heteroatoms. The largest absolute Gasteiger partial charge is 0.496 e. The minimum Gasteiger partial charge on any atom is -0.496 e. The highest BCUT2D eigenvalue weighted by Crippen LogP contribution is 2.49. The molecule has 2 atom stereocenters. The summed E-state index contributed by atoms with van der Waals surface area (Å²) in [7, 11) is 3.44. The molecule has 2 bridgehead atoms. The van der Waals surface area contributed by atoms with Crippen molar-refractivity contribution >= 4 is 0 Å². The Morgan fingerprint density at radius 1 is 1.18 bits per heavy atom. The first-order valence-electron chi connectivity index (χ1n) is 10.1. The summed E-state index contributed by atoms with van der Waals surface area (Å²) in [5, 5.41) is 11.7. The molecule has 4 rings (SSSR count). The molecule has 1 saturated heterocycles. The number of hydrogen-bond donors (Lipinski definition) is 1. The number of ether oxygens (including phenoxy) is 2. The van der Waals surface area contributed by atoms with Crippen LogP contribution in [0.4, 0.5) is 0 Å². The molecule has 1 N–H and O–H groups in total. The molecule has 5 nitrogen and oxygen atoms in total. The summed E-state index contributed by atoms with van der Waals surface area (Å²) in [6.07, 6.45) is 6.92. The fourth-order valence-electron chi connectivity index (χ4n) is 5.20. The van der Waals surface area contributed by atoms with E-state index in [-0.39, 0.29) is 11.8 Å². The molecule has 2 fully saturated rings. The van der Waals surface area contributed by atoms with E-state index in [1.54, 1.807) is 20.4 Å². The third kappa shape index (κ3) is 3.54. The lowest BCUT2D eigenvalue weighted by Crippen LogP contribution is -2.57. The summed E-state index contributed by atoms with van der Waals surface area (Å²) in [6, 6.07) is 10.2. The second-order valence-corrected chi connectivity index (χ2v) is 8.17. The average molecular weight is 383 g/mol. The van der Waals surface area contributed by atoms with Crippen molar-refractivity contribution in [1.82, 2.24) is 9.88 Å². The molecular weight excluding hydrogens is 352 g/mol. The zero-order chi connectivity index (χ0) is 19.6. The van der Waals surface area contributed by atoms with Crippen LogP contribution >= 0.6 is 0 Å². The van der Waals surface area contributed by atoms with E-state index in [0.717, 1.165) is 49.4 Å². The van der Waals surface area contributed by atoms with Crippen LogP contribution in [-0.4, -0.2) is 42.3 Å². The predicted molar refractivity (Wildman–Crippen MR) is 108 cm³/mol. The van der Waals surface area contributed by atoms with Gasteiger partial charge in [-0.05, 0) is 36.6 Å². The Balaban J connectivity index is 1.56. The molecule has 0 spiro atoms. The third-order valence-electron chi connectivity index (χ3n) is 6.48. The summed E-state index contributed by atoms with van der Waals surface area (Å²) >= 11 is 0. The molecule has 2 heterocycles. The Hall–Kier alpha value is -1.95. The SMILES string of the molecule is COCc1ccc(OC)c(CN2CC3CCCC(C2)C3(O)c2cccnc2)c1. The van der Waals surface area contributed by atoms with Gasteiger partial charge in [0, 0.05) is 62.1 Å². The molecule has 1 aromatic carbocycles. The van der Waals surface area contributed by atoms with Gasteiger partial charge in [0.2, 0.25) is 0 Å². The molecule has 1 saturated carbocycles. The second-order valence-electron chi connectivity index (χ2n) is 8.17. The summed E-state index contributed by atoms with van der Waals surface area (Å²) in [5.41, 5.74) is 2.55. The number of aromatic nitrogens is 1. The van der Waals surface area contributed by atoms with E-state index in [4.69, 9.17) is 9.47 Å². The number of fused-ring (bicyclic) bond motifs is 2. The van der Waals surface area contributed by atoms with Crippen LogP contribution in [0.2, 0.25) is 0 Å². The number of aliphatic hydroxyl groups is 1. The Bertz CT molecular complexity index is 782. The molecule has 28 heavy (non-hydrogen) atoms. The van der Waals surface area contributed by atoms with Crippen LogP contribution in [0, 0.1) is 11.8 Å². The van der Waals surface area contributed by atoms with Crippen LogP contribution in [0.3, 0.4) is 0 Å². The highest BCUT2D eigenvalue weighted by Gasteiger charge is 2.51. The quantitative estimate of drug-likeness (QED) is 0.830. The van der Waals surface area contributed by atoms with Gasteiger partial charge in [-0.3, -0.25) is 9.88 Å². The Morgan fingerprint density at radius 2 is 1.96 bits per heavy atom. The van der Waals surface area contributed by atoms with Gasteiger partial charge in [0.25, 0.3) is 0 Å². The zero-order valence-corrected chi connectivity index (χ0v) is 16.8. The molecule has 1 aliphatic carbocycles. The molecule has 2 unspecified atom stereocenters. The molecule has 150 valence electrons. The minimum atomic E-state index is -0.759. The monoisotopic (exact) mass is 382 g/mol. The molecule has 1 aromatic heterocycles. The van der Waals surface area contributed by atoms with Crippen molar-refractivity contribution in [2.45, 2.75) is 38.0 Å². The van der Waals surface area contributed by atoms with Gasteiger partial charge in [0.05, 0.1) is 19.3 Å². The molecule has 0 radical (unpaired) electrons. The number of methoxy groups -OCH3 is 2. The molecule has 2 aliphatic rings. The van der Waals surface area contributed by atoms with E-state index < -0.39 is 5.60 Å². The lowest BCUT2D eigenvalue weighted by Gasteiger charge is -2.53. The molecule has 2 aromatic rings. The van der Waals surface area contributed by atoms with Gasteiger partial charge in [-0.15, -0.1) is 0 Å². The lowest BCUT2D eigenvalue weighted by molar-refractivity contribution is -0.148. The maximum Gasteiger partial charge on any atom is 0.123 e. The predicted octanol–water partition coefficient (Wildman–Crippen LogP) is 3.36. The van der Waals surface area contributed by atoms with Crippen molar-refractivity contribution in [3.63, 3.8) is 0 Å². The smallest absolute Gasteiger partial charge is 0.123 e. The van der Waals surface area contributed by atoms with Gasteiger partial charge in [0.15, 0.2) is 0 Å². The molecule has 1 aliphatic heterocycles. The number of pyridine rings is 1. The van der Waals surface area contributed by atoms with Crippen LogP contribution in [0.25, 0.3) is 0 Å². The maximum atomic E-state index is 11.7. The Labute approximate surface area is 167 Å². The fraction of sp³-hybridized carbons (Fsp3) is 0.522. The highest BCUT2D eigenvalue weighted by molar-refractivity contribution is 5.37. The topological polar surface area (TPSA) is 54.8 Å². The van der Waals surface area contributed by atoms with Gasteiger partial charge in [-0.1, -0.05) is 18.6 Å². The van der Waals surface area contributed by atoms with Crippen LogP contribution in [0.15, 0.2) is 42.7 Å². The van der Waals surface area contributed by atoms with E-state index >= 15 is 0 Å². The van der Waals surface area contributed by atoms with Crippen LogP contribution < -0.4 is 4.74 Å². The first-order chi connectivity index (χ1) is 13.6. The fourth-order valence-corrected chi connectivity index (χ4v) is 5.20. The first kappa shape index (κ1) is 19.4. The maximum absolute atomic E-state index is 11.7. The van der Waals surface area contributed by atoms with Crippen LogP contribution in [-0.2, 0) is 23.5 Å². The Morgan fingerprint density at radius 3 is 2.61 bits per heavy atom. The van der Waals surface area contributed by atoms with Gasteiger partial charge in [0.1, 0.15) is 5.75 Å². The van der Waals surface area contributed by atoms with E-state index in [1.807, 2.05) is 24.4 Å². The highest BCUT2D eigenvalue weighted by atomic mass is 16.5. The van der Waals surface area contributed by atoms with Crippen molar-refractivity contribution < 1.29 is 14.6 Å². The molecule has 0 amide bonds. The number of rotatable bonds is 6. The number of likely N-dealkylation sites (tertiary alicyclic amines) is 1. The van der Waals surface area contributed by atoms with Crippen molar-refractivity contribution in [2.75, 3.05) is 27.3 Å². The Kier molecular flexibility index (Phi) is 5.67. The van der Waals surface area contributed by atoms with Crippen molar-refractivity contribution in [1.29, 1.82) is 0 Å².